The third-order valence-electron chi connectivity index (χ3n) is 15.9. The lowest BCUT2D eigenvalue weighted by Crippen LogP contribution is -2.74. The van der Waals surface area contributed by atoms with Crippen LogP contribution < -0.4 is 14.8 Å². The fourth-order valence-corrected chi connectivity index (χ4v) is 13.3. The molecule has 58 heavy (non-hydrogen) atoms. The van der Waals surface area contributed by atoms with E-state index in [9.17, 15) is 25.2 Å². The van der Waals surface area contributed by atoms with Gasteiger partial charge in [-0.05, 0) is 90.6 Å². The van der Waals surface area contributed by atoms with Gasteiger partial charge >= 0.3 is 6.09 Å². The Balaban J connectivity index is 0.900. The van der Waals surface area contributed by atoms with Crippen LogP contribution in [0.15, 0.2) is 60.3 Å². The molecule has 1 aromatic heterocycles. The van der Waals surface area contributed by atoms with E-state index in [2.05, 4.69) is 20.1 Å². The number of phenolic OH excluding ortho intramolecular Hbond substituents is 2. The monoisotopic (exact) mass is 782 g/mol. The molecule has 3 aromatic carbocycles. The maximum atomic E-state index is 13.6. The molecule has 13 rings (SSSR count). The Morgan fingerprint density at radius 2 is 1.60 bits per heavy atom. The molecule has 5 heterocycles. The molecule has 12 nitrogen and oxygen atoms in total. The standard InChI is InChI=1S/C46H46N4O8/c51-30-10-8-26-18-32-45(54)20-28-29-21-46(55)33-19-27-9-11-31(52)39-35(27)44(46,13-16-50(33)22-24-6-7-24)41(58-39)37(29)48-36(28)40-43(45,34(26)38(30)57-40)12-15-49(32)17-14-47-42(53)56-23-25-4-2-1-3-5-25/h1-5,8-11,18,24,33,40-41,48,51-52,54-55H,6-7,12-17,19-23H2,(H,47,53)/t33-,40+,41+,43+,44+,45-,46-/m1/s1. The summed E-state index contributed by atoms with van der Waals surface area (Å²) >= 11 is 0. The smallest absolute Gasteiger partial charge is 0.407 e. The molecule has 1 amide bonds. The number of nitrogens with one attached hydrogen (secondary N) is 2. The molecule has 12 heteroatoms. The lowest BCUT2D eigenvalue weighted by molar-refractivity contribution is -0.173. The van der Waals surface area contributed by atoms with Gasteiger partial charge in [-0.2, -0.15) is 0 Å². The maximum Gasteiger partial charge on any atom is 0.407 e. The van der Waals surface area contributed by atoms with Gasteiger partial charge in [-0.15, -0.1) is 0 Å². The molecule has 6 N–H and O–H groups in total. The summed E-state index contributed by atoms with van der Waals surface area (Å²) in [5, 5.41) is 52.7. The second-order valence-corrected chi connectivity index (χ2v) is 18.5. The Morgan fingerprint density at radius 1 is 0.879 bits per heavy atom. The van der Waals surface area contributed by atoms with Crippen LogP contribution in [0.5, 0.6) is 23.0 Å². The van der Waals surface area contributed by atoms with Crippen LogP contribution in [-0.4, -0.2) is 91.3 Å². The third-order valence-corrected chi connectivity index (χ3v) is 15.9. The van der Waals surface area contributed by atoms with Crippen LogP contribution in [0.25, 0.3) is 6.08 Å². The Kier molecular flexibility index (Phi) is 6.46. The van der Waals surface area contributed by atoms with Crippen molar-refractivity contribution in [2.24, 2.45) is 5.92 Å². The molecule has 4 aromatic rings. The number of H-pyrrole nitrogens is 1. The van der Waals surface area contributed by atoms with Gasteiger partial charge in [0.05, 0.1) is 27.8 Å². The van der Waals surface area contributed by atoms with Gasteiger partial charge in [0, 0.05) is 61.9 Å². The van der Waals surface area contributed by atoms with Crippen molar-refractivity contribution in [3.8, 4) is 23.0 Å². The van der Waals surface area contributed by atoms with Gasteiger partial charge in [0.25, 0.3) is 0 Å². The van der Waals surface area contributed by atoms with E-state index in [4.69, 9.17) is 14.2 Å². The molecular formula is C46H46N4O8. The second kappa shape index (κ2) is 11.1. The first-order valence-electron chi connectivity index (χ1n) is 21.0. The minimum absolute atomic E-state index is 0.0431. The molecule has 7 atom stereocenters. The fourth-order valence-electron chi connectivity index (χ4n) is 13.3. The first kappa shape index (κ1) is 33.8. The van der Waals surface area contributed by atoms with Crippen molar-refractivity contribution < 1.29 is 39.4 Å². The second-order valence-electron chi connectivity index (χ2n) is 18.5. The minimum atomic E-state index is -1.43. The zero-order valence-corrected chi connectivity index (χ0v) is 32.1. The first-order chi connectivity index (χ1) is 28.1. The summed E-state index contributed by atoms with van der Waals surface area (Å²) < 4.78 is 19.3. The molecule has 4 aliphatic heterocycles. The number of hydrogen-bond donors (Lipinski definition) is 6. The van der Waals surface area contributed by atoms with E-state index in [0.29, 0.717) is 62.7 Å². The number of nitrogens with zero attached hydrogens (tertiary/aromatic N) is 2. The molecule has 3 fully saturated rings. The molecule has 4 bridgehead atoms. The summed E-state index contributed by atoms with van der Waals surface area (Å²) in [5.74, 6) is 1.69. The number of piperidine rings is 2. The highest BCUT2D eigenvalue weighted by atomic mass is 16.5. The van der Waals surface area contributed by atoms with Crippen LogP contribution in [0.3, 0.4) is 0 Å². The summed E-state index contributed by atoms with van der Waals surface area (Å²) in [7, 11) is 0. The van der Waals surface area contributed by atoms with E-state index >= 15 is 0 Å². The van der Waals surface area contributed by atoms with Crippen molar-refractivity contribution in [1.29, 1.82) is 0 Å². The van der Waals surface area contributed by atoms with E-state index < -0.39 is 40.3 Å². The predicted molar refractivity (Wildman–Crippen MR) is 210 cm³/mol. The van der Waals surface area contributed by atoms with Crippen molar-refractivity contribution in [2.75, 3.05) is 32.7 Å². The molecule has 0 unspecified atom stereocenters. The Bertz CT molecular complexity index is 2520. The zero-order valence-electron chi connectivity index (χ0n) is 32.1. The number of rotatable bonds is 7. The van der Waals surface area contributed by atoms with Gasteiger partial charge in [-0.1, -0.05) is 42.5 Å². The summed E-state index contributed by atoms with van der Waals surface area (Å²) in [6.07, 6.45) is 5.36. The molecule has 298 valence electrons. The number of hydrogen-bond acceptors (Lipinski definition) is 10. The molecule has 2 spiro atoms. The number of fused-ring (bicyclic) bond motifs is 5. The van der Waals surface area contributed by atoms with Crippen LogP contribution in [0.2, 0.25) is 0 Å². The molecule has 9 aliphatic rings. The summed E-state index contributed by atoms with van der Waals surface area (Å²) in [5.41, 5.74) is 4.86. The van der Waals surface area contributed by atoms with Gasteiger partial charge in [0.2, 0.25) is 0 Å². The SMILES string of the molecule is O=C(NCCN1CC[C@]23c4c5ccc(O)c4O[C@H]2c2[nH]c4c(c2C[C@@]3(O)C1=C5)C[C@@]1(O)[C@H]2Cc3ccc(O)c5c3[C@@]1(CCN2CC1CC1)[C@H]4O5)OCc1ccccc1. The Morgan fingerprint density at radius 3 is 2.40 bits per heavy atom. The van der Waals surface area contributed by atoms with Crippen molar-refractivity contribution in [2.45, 2.75) is 91.8 Å². The zero-order chi connectivity index (χ0) is 38.9. The molecule has 0 radical (unpaired) electrons. The first-order valence-corrected chi connectivity index (χ1v) is 21.0. The van der Waals surface area contributed by atoms with Gasteiger partial charge < -0.3 is 49.8 Å². The summed E-state index contributed by atoms with van der Waals surface area (Å²) in [6, 6.07) is 16.8. The van der Waals surface area contributed by atoms with E-state index in [1.54, 1.807) is 12.1 Å². The molecule has 2 saturated heterocycles. The van der Waals surface area contributed by atoms with Crippen molar-refractivity contribution in [3.63, 3.8) is 0 Å². The highest BCUT2D eigenvalue weighted by Crippen LogP contribution is 2.73. The lowest BCUT2D eigenvalue weighted by atomic mass is 9.48. The Hall–Kier alpha value is -5.17. The summed E-state index contributed by atoms with van der Waals surface area (Å²) in [4.78, 5) is 21.3. The topological polar surface area (TPSA) is 160 Å². The average molecular weight is 783 g/mol. The predicted octanol–water partition coefficient (Wildman–Crippen LogP) is 4.77. The fraction of sp³-hybridized carbons (Fsp3) is 0.457. The van der Waals surface area contributed by atoms with E-state index in [1.807, 2.05) is 48.5 Å². The average Bonchev–Trinajstić information content (AvgIpc) is 3.71. The van der Waals surface area contributed by atoms with E-state index in [1.165, 1.54) is 12.8 Å². The van der Waals surface area contributed by atoms with Gasteiger partial charge in [0.1, 0.15) is 12.2 Å². The number of phenols is 2. The normalized spacial score (nSPS) is 33.5. The lowest BCUT2D eigenvalue weighted by Gasteiger charge is -2.63. The number of benzene rings is 3. The van der Waals surface area contributed by atoms with Crippen molar-refractivity contribution in [3.05, 3.63) is 111 Å². The largest absolute Gasteiger partial charge is 0.504 e. The Labute approximate surface area is 335 Å². The minimum Gasteiger partial charge on any atom is -0.504 e. The van der Waals surface area contributed by atoms with Crippen LogP contribution in [0.1, 0.15) is 88.2 Å². The quantitative estimate of drug-likeness (QED) is 0.154. The van der Waals surface area contributed by atoms with Crippen LogP contribution in [0.4, 0.5) is 4.79 Å². The number of alkyl carbamates (subject to hydrolysis) is 1. The van der Waals surface area contributed by atoms with Crippen LogP contribution in [-0.2, 0) is 41.4 Å². The van der Waals surface area contributed by atoms with E-state index in [0.717, 1.165) is 69.1 Å². The maximum absolute atomic E-state index is 13.6. The number of aliphatic hydroxyl groups is 2. The van der Waals surface area contributed by atoms with Crippen LogP contribution >= 0.6 is 0 Å². The van der Waals surface area contributed by atoms with Gasteiger partial charge in [0.15, 0.2) is 35.2 Å². The molecule has 5 aliphatic carbocycles. The highest BCUT2D eigenvalue weighted by Gasteiger charge is 2.75. The van der Waals surface area contributed by atoms with Gasteiger partial charge in [-0.3, -0.25) is 4.90 Å². The third kappa shape index (κ3) is 3.95. The molecule has 1 saturated carbocycles. The number of aromatic amines is 1. The van der Waals surface area contributed by atoms with Crippen molar-refractivity contribution >= 4 is 12.2 Å². The van der Waals surface area contributed by atoms with Gasteiger partial charge in [-0.25, -0.2) is 4.79 Å². The number of ether oxygens (including phenoxy) is 3. The van der Waals surface area contributed by atoms with Crippen LogP contribution in [0, 0.1) is 5.92 Å². The number of carbonyl (C=O) groups excluding carboxylic acids is 1. The highest BCUT2D eigenvalue weighted by molar-refractivity contribution is 5.77. The molecular weight excluding hydrogens is 737 g/mol. The summed E-state index contributed by atoms with van der Waals surface area (Å²) in [6.45, 7) is 3.37. The van der Waals surface area contributed by atoms with Crippen molar-refractivity contribution in [1.82, 2.24) is 20.1 Å². The number of aromatic nitrogens is 1. The number of amides is 1. The number of carbonyl (C=O) groups is 1. The number of likely N-dealkylation sites (tertiary alicyclic amines) is 2. The number of aromatic hydroxyl groups is 2. The van der Waals surface area contributed by atoms with E-state index in [-0.39, 0.29) is 30.6 Å².